The van der Waals surface area contributed by atoms with Crippen LogP contribution in [0.25, 0.3) is 0 Å². The predicted octanol–water partition coefficient (Wildman–Crippen LogP) is 1.57. The second kappa shape index (κ2) is 4.05. The van der Waals surface area contributed by atoms with Gasteiger partial charge >= 0.3 is 0 Å². The Morgan fingerprint density at radius 2 is 1.67 bits per heavy atom. The summed E-state index contributed by atoms with van der Waals surface area (Å²) >= 11 is 0. The molecular formula is C14H18O4. The molecule has 0 saturated carbocycles. The Morgan fingerprint density at radius 3 is 2.33 bits per heavy atom. The largest absolute Gasteiger partial charge is 0.504 e. The standard InChI is InChI=1S/C14H18O4/c1-7-5-10-9(3-4-15)13-11(6-8(2)17-13)12(16)14(10)18-7/h7-8,15-16H,3-6H2,1-2H3. The van der Waals surface area contributed by atoms with E-state index in [1.807, 2.05) is 13.8 Å². The van der Waals surface area contributed by atoms with Crippen LogP contribution in [0.5, 0.6) is 17.2 Å². The monoisotopic (exact) mass is 250 g/mol. The first-order valence-corrected chi connectivity index (χ1v) is 6.45. The van der Waals surface area contributed by atoms with Crippen LogP contribution >= 0.6 is 0 Å². The average Bonchev–Trinajstić information content (AvgIpc) is 2.88. The van der Waals surface area contributed by atoms with Gasteiger partial charge in [0, 0.05) is 36.1 Å². The molecule has 4 nitrogen and oxygen atoms in total. The molecule has 0 spiro atoms. The number of benzene rings is 1. The SMILES string of the molecule is CC1Cc2c(CCO)c3c(c(O)c2O1)CC(C)O3. The van der Waals surface area contributed by atoms with Crippen LogP contribution in [-0.4, -0.2) is 29.0 Å². The van der Waals surface area contributed by atoms with Crippen LogP contribution in [0.3, 0.4) is 0 Å². The summed E-state index contributed by atoms with van der Waals surface area (Å²) in [4.78, 5) is 0. The molecule has 0 saturated heterocycles. The number of ether oxygens (including phenoxy) is 2. The Kier molecular flexibility index (Phi) is 2.63. The van der Waals surface area contributed by atoms with Gasteiger partial charge in [-0.2, -0.15) is 0 Å². The smallest absolute Gasteiger partial charge is 0.165 e. The molecule has 0 aliphatic carbocycles. The summed E-state index contributed by atoms with van der Waals surface area (Å²) in [6.45, 7) is 4.04. The molecule has 18 heavy (non-hydrogen) atoms. The van der Waals surface area contributed by atoms with E-state index in [1.165, 1.54) is 0 Å². The normalized spacial score (nSPS) is 24.4. The minimum Gasteiger partial charge on any atom is -0.504 e. The quantitative estimate of drug-likeness (QED) is 0.836. The van der Waals surface area contributed by atoms with Gasteiger partial charge in [-0.3, -0.25) is 0 Å². The molecule has 1 aromatic rings. The van der Waals surface area contributed by atoms with E-state index in [4.69, 9.17) is 9.47 Å². The van der Waals surface area contributed by atoms with E-state index >= 15 is 0 Å². The van der Waals surface area contributed by atoms with Gasteiger partial charge in [-0.1, -0.05) is 0 Å². The number of fused-ring (bicyclic) bond motifs is 2. The molecule has 3 rings (SSSR count). The van der Waals surface area contributed by atoms with Crippen LogP contribution in [0, 0.1) is 0 Å². The summed E-state index contributed by atoms with van der Waals surface area (Å²) in [7, 11) is 0. The summed E-state index contributed by atoms with van der Waals surface area (Å²) in [5.74, 6) is 1.60. The zero-order valence-electron chi connectivity index (χ0n) is 10.7. The maximum Gasteiger partial charge on any atom is 0.165 e. The Balaban J connectivity index is 2.19. The van der Waals surface area contributed by atoms with Crippen molar-refractivity contribution in [1.29, 1.82) is 0 Å². The molecular weight excluding hydrogens is 232 g/mol. The Hall–Kier alpha value is -1.42. The molecule has 2 atom stereocenters. The number of hydrogen-bond acceptors (Lipinski definition) is 4. The van der Waals surface area contributed by atoms with Gasteiger partial charge in [0.15, 0.2) is 11.5 Å². The number of hydrogen-bond donors (Lipinski definition) is 2. The predicted molar refractivity (Wildman–Crippen MR) is 66.5 cm³/mol. The zero-order valence-corrected chi connectivity index (χ0v) is 10.7. The summed E-state index contributed by atoms with van der Waals surface area (Å²) in [6, 6.07) is 0. The van der Waals surface area contributed by atoms with Crippen LogP contribution in [0.1, 0.15) is 30.5 Å². The number of aliphatic hydroxyl groups excluding tert-OH is 1. The highest BCUT2D eigenvalue weighted by Crippen LogP contribution is 2.50. The molecule has 2 heterocycles. The van der Waals surface area contributed by atoms with E-state index < -0.39 is 0 Å². The zero-order chi connectivity index (χ0) is 12.9. The average molecular weight is 250 g/mol. The molecule has 4 heteroatoms. The fraction of sp³-hybridized carbons (Fsp3) is 0.571. The second-order valence-corrected chi connectivity index (χ2v) is 5.18. The van der Waals surface area contributed by atoms with Gasteiger partial charge in [-0.15, -0.1) is 0 Å². The first-order chi connectivity index (χ1) is 8.61. The third-order valence-corrected chi connectivity index (χ3v) is 3.67. The lowest BCUT2D eigenvalue weighted by molar-refractivity contribution is 0.244. The minimum absolute atomic E-state index is 0.0725. The summed E-state index contributed by atoms with van der Waals surface area (Å²) in [5, 5.41) is 19.5. The Bertz CT molecular complexity index is 456. The lowest BCUT2D eigenvalue weighted by Crippen LogP contribution is -2.08. The highest BCUT2D eigenvalue weighted by molar-refractivity contribution is 5.65. The van der Waals surface area contributed by atoms with Crippen molar-refractivity contribution in [1.82, 2.24) is 0 Å². The van der Waals surface area contributed by atoms with Gasteiger partial charge < -0.3 is 19.7 Å². The molecule has 0 aromatic heterocycles. The van der Waals surface area contributed by atoms with Crippen LogP contribution in [0.15, 0.2) is 0 Å². The summed E-state index contributed by atoms with van der Waals surface area (Å²) < 4.78 is 11.5. The van der Waals surface area contributed by atoms with Crippen LogP contribution in [0.2, 0.25) is 0 Å². The molecule has 0 amide bonds. The maximum atomic E-state index is 10.3. The van der Waals surface area contributed by atoms with E-state index in [2.05, 4.69) is 0 Å². The van der Waals surface area contributed by atoms with Crippen LogP contribution in [0.4, 0.5) is 0 Å². The third-order valence-electron chi connectivity index (χ3n) is 3.67. The maximum absolute atomic E-state index is 10.3. The Morgan fingerprint density at radius 1 is 1.06 bits per heavy atom. The van der Waals surface area contributed by atoms with Crippen LogP contribution < -0.4 is 9.47 Å². The lowest BCUT2D eigenvalue weighted by atomic mass is 9.95. The van der Waals surface area contributed by atoms with Crippen molar-refractivity contribution in [2.75, 3.05) is 6.61 Å². The van der Waals surface area contributed by atoms with E-state index in [9.17, 15) is 10.2 Å². The van der Waals surface area contributed by atoms with E-state index in [-0.39, 0.29) is 24.6 Å². The van der Waals surface area contributed by atoms with E-state index in [0.29, 0.717) is 18.6 Å². The van der Waals surface area contributed by atoms with E-state index in [1.54, 1.807) is 0 Å². The van der Waals surface area contributed by atoms with Crippen molar-refractivity contribution >= 4 is 0 Å². The fourth-order valence-corrected chi connectivity index (χ4v) is 2.96. The van der Waals surface area contributed by atoms with Gasteiger partial charge in [-0.05, 0) is 20.3 Å². The number of aliphatic hydroxyl groups is 1. The molecule has 2 aliphatic rings. The fourth-order valence-electron chi connectivity index (χ4n) is 2.96. The lowest BCUT2D eigenvalue weighted by Gasteiger charge is -2.14. The highest BCUT2D eigenvalue weighted by atomic mass is 16.5. The first-order valence-electron chi connectivity index (χ1n) is 6.45. The molecule has 0 radical (unpaired) electrons. The molecule has 0 fully saturated rings. The molecule has 98 valence electrons. The molecule has 2 N–H and O–H groups in total. The van der Waals surface area contributed by atoms with Crippen molar-refractivity contribution in [3.63, 3.8) is 0 Å². The van der Waals surface area contributed by atoms with Gasteiger partial charge in [0.1, 0.15) is 18.0 Å². The van der Waals surface area contributed by atoms with Crippen molar-refractivity contribution in [3.8, 4) is 17.2 Å². The number of rotatable bonds is 2. The van der Waals surface area contributed by atoms with E-state index in [0.717, 1.165) is 28.9 Å². The molecule has 0 bridgehead atoms. The van der Waals surface area contributed by atoms with Gasteiger partial charge in [0.2, 0.25) is 0 Å². The summed E-state index contributed by atoms with van der Waals surface area (Å²) in [5.41, 5.74) is 2.84. The van der Waals surface area contributed by atoms with Gasteiger partial charge in [0.25, 0.3) is 0 Å². The van der Waals surface area contributed by atoms with Crippen molar-refractivity contribution < 1.29 is 19.7 Å². The topological polar surface area (TPSA) is 58.9 Å². The summed E-state index contributed by atoms with van der Waals surface area (Å²) in [6.07, 6.45) is 2.16. The number of phenols is 1. The van der Waals surface area contributed by atoms with Gasteiger partial charge in [0.05, 0.1) is 0 Å². The van der Waals surface area contributed by atoms with Crippen molar-refractivity contribution in [2.45, 2.75) is 45.3 Å². The van der Waals surface area contributed by atoms with Crippen LogP contribution in [-0.2, 0) is 19.3 Å². The Labute approximate surface area is 106 Å². The highest BCUT2D eigenvalue weighted by Gasteiger charge is 2.35. The van der Waals surface area contributed by atoms with Crippen molar-refractivity contribution in [3.05, 3.63) is 16.7 Å². The molecule has 2 unspecified atom stereocenters. The van der Waals surface area contributed by atoms with Crippen molar-refractivity contribution in [2.24, 2.45) is 0 Å². The number of aromatic hydroxyl groups is 1. The minimum atomic E-state index is 0.0725. The molecule has 1 aromatic carbocycles. The number of phenolic OH excluding ortho intramolecular Hbond substituents is 1. The third kappa shape index (κ3) is 1.56. The molecule has 2 aliphatic heterocycles. The second-order valence-electron chi connectivity index (χ2n) is 5.18. The van der Waals surface area contributed by atoms with Gasteiger partial charge in [-0.25, -0.2) is 0 Å². The first kappa shape index (κ1) is 11.7.